The first-order chi connectivity index (χ1) is 54.9. The summed E-state index contributed by atoms with van der Waals surface area (Å²) in [5.41, 5.74) is -28.4. The fourth-order valence-corrected chi connectivity index (χ4v) is 7.05. The van der Waals surface area contributed by atoms with Gasteiger partial charge in [-0.2, -0.15) is 142 Å². The van der Waals surface area contributed by atoms with E-state index >= 15 is 0 Å². The van der Waals surface area contributed by atoms with Gasteiger partial charge in [-0.15, -0.1) is 0 Å². The summed E-state index contributed by atoms with van der Waals surface area (Å²) in [6.07, 6.45) is -11.8. The molecule has 0 aliphatic heterocycles. The first-order valence-electron chi connectivity index (χ1n) is 30.1. The van der Waals surface area contributed by atoms with Crippen molar-refractivity contribution in [2.45, 2.75) is 120 Å². The third-order valence-electron chi connectivity index (χ3n) is 11.9. The van der Waals surface area contributed by atoms with E-state index in [4.69, 9.17) is 88.7 Å². The minimum atomic E-state index is -6.09. The molecule has 0 unspecified atom stereocenters. The number of pyridine rings is 8. The summed E-state index contributed by atoms with van der Waals surface area (Å²) < 4.78 is 397. The Hall–Kier alpha value is -11.4. The van der Waals surface area contributed by atoms with Crippen molar-refractivity contribution in [3.05, 3.63) is 215 Å². The molecule has 8 aromatic rings. The van der Waals surface area contributed by atoms with Gasteiger partial charge >= 0.3 is 80.3 Å². The molecule has 0 bridgehead atoms. The largest absolute Gasteiger partial charge is 2.00 e. The van der Waals surface area contributed by atoms with Crippen LogP contribution < -0.4 is 0 Å². The van der Waals surface area contributed by atoms with Gasteiger partial charge in [0.15, 0.2) is 40.5 Å². The molecule has 123 heavy (non-hydrogen) atoms. The SMILES string of the molecule is CC#N.CC#N.CC#N.CC#N.CC#N.CC#N.CC#N.CC(c1cc(C(F)(F)F)ccn1)(c1cc(C(F)(F)F)ccn1)c1cccc(-c2ccccn2)n1.CC(c1cc(C(F)(F)F)ccn1)(c1cc(C(F)(F)F)ccn1)c1cccc(-c2ccccn2)n1.O=S(=O)([O-])C(F)(F)F.O=S(=O)([O-])C(F)(F)F.O=S(=O)([O-])C(F)(F)F.O=S(=O)([O-])C(F)(F)F.[Co+2].[Co+2]. The number of hydrogen-bond donors (Lipinski definition) is 0. The van der Waals surface area contributed by atoms with Crippen LogP contribution in [0.15, 0.2) is 159 Å². The average Bonchev–Trinajstić information content (AvgIpc) is 0.754. The molecule has 2 radical (unpaired) electrons. The minimum Gasteiger partial charge on any atom is -0.741 e. The van der Waals surface area contributed by atoms with Crippen LogP contribution in [-0.4, -0.2) is 114 Å². The maximum Gasteiger partial charge on any atom is 2.00 e. The zero-order valence-corrected chi connectivity index (χ0v) is 67.8. The Balaban J connectivity index is -0.000000276. The van der Waals surface area contributed by atoms with Crippen LogP contribution >= 0.6 is 0 Å². The second-order valence-electron chi connectivity index (χ2n) is 20.4. The summed E-state index contributed by atoms with van der Waals surface area (Å²) in [7, 11) is -24.4. The van der Waals surface area contributed by atoms with E-state index in [1.54, 1.807) is 116 Å². The van der Waals surface area contributed by atoms with E-state index in [1.807, 2.05) is 0 Å². The van der Waals surface area contributed by atoms with Gasteiger partial charge in [-0.25, -0.2) is 43.6 Å². The van der Waals surface area contributed by atoms with Crippen LogP contribution in [0.1, 0.15) is 119 Å². The fraction of sp³-hybridized carbons (Fsp3) is 0.288. The molecular weight excluding hydrogens is 1900 g/mol. The van der Waals surface area contributed by atoms with Gasteiger partial charge in [-0.1, -0.05) is 24.3 Å². The van der Waals surface area contributed by atoms with Crippen molar-refractivity contribution in [3.63, 3.8) is 0 Å². The normalized spacial score (nSPS) is 11.0. The second-order valence-corrected chi connectivity index (χ2v) is 25.9. The van der Waals surface area contributed by atoms with Crippen LogP contribution in [0.25, 0.3) is 22.8 Å². The van der Waals surface area contributed by atoms with Gasteiger partial charge in [0.1, 0.15) is 0 Å². The Morgan fingerprint density at radius 1 is 0.260 bits per heavy atom. The van der Waals surface area contributed by atoms with Crippen LogP contribution in [0, 0.1) is 79.3 Å². The van der Waals surface area contributed by atoms with Crippen LogP contribution in [0.4, 0.5) is 105 Å². The zero-order valence-electron chi connectivity index (χ0n) is 62.5. The Kier molecular flexibility index (Phi) is 55.7. The molecule has 0 saturated heterocycles. The maximum absolute atomic E-state index is 13.5. The molecule has 0 fully saturated rings. The molecule has 0 N–H and O–H groups in total. The molecule has 0 aliphatic carbocycles. The zero-order chi connectivity index (χ0) is 96.1. The summed E-state index contributed by atoms with van der Waals surface area (Å²) in [4.78, 5) is 33.9. The molecule has 0 amide bonds. The quantitative estimate of drug-likeness (QED) is 0.0774. The molecule has 0 saturated carbocycles. The smallest absolute Gasteiger partial charge is 0.741 e. The van der Waals surface area contributed by atoms with Crippen LogP contribution in [-0.2, 0) is 110 Å². The van der Waals surface area contributed by atoms with Crippen molar-refractivity contribution in [2.24, 2.45) is 0 Å². The molecule has 0 atom stereocenters. The van der Waals surface area contributed by atoms with Gasteiger partial charge in [-0.05, 0) is 111 Å². The van der Waals surface area contributed by atoms with E-state index in [9.17, 15) is 105 Å². The van der Waals surface area contributed by atoms with Crippen LogP contribution in [0.2, 0.25) is 0 Å². The summed E-state index contributed by atoms with van der Waals surface area (Å²) >= 11 is 0. The first kappa shape index (κ1) is 125. The van der Waals surface area contributed by atoms with E-state index in [2.05, 4.69) is 39.9 Å². The minimum absolute atomic E-state index is 0. The molecule has 27 nitrogen and oxygen atoms in total. The number of nitriles is 7. The van der Waals surface area contributed by atoms with Gasteiger partial charge in [0.25, 0.3) is 0 Å². The summed E-state index contributed by atoms with van der Waals surface area (Å²) in [5, 5.41) is 51.2. The van der Waals surface area contributed by atoms with Crippen molar-refractivity contribution in [2.75, 3.05) is 0 Å². The van der Waals surface area contributed by atoms with E-state index in [0.717, 1.165) is 73.3 Å². The molecule has 57 heteroatoms. The molecule has 8 heterocycles. The number of halogens is 24. The Morgan fingerprint density at radius 2 is 0.423 bits per heavy atom. The number of nitrogens with zero attached hydrogens (tertiary/aromatic N) is 15. The van der Waals surface area contributed by atoms with Gasteiger partial charge in [0, 0.05) is 85.6 Å². The topological polar surface area (TPSA) is 498 Å². The predicted molar refractivity (Wildman–Crippen MR) is 365 cm³/mol. The monoisotopic (exact) mass is 1950 g/mol. The predicted octanol–water partition coefficient (Wildman–Crippen LogP) is 16.6. The molecule has 0 spiro atoms. The van der Waals surface area contributed by atoms with Crippen molar-refractivity contribution in [1.82, 2.24) is 39.9 Å². The number of aromatic nitrogens is 8. The number of rotatable bonds is 8. The van der Waals surface area contributed by atoms with E-state index in [1.165, 1.54) is 74.4 Å². The average molecular weight is 1950 g/mol. The fourth-order valence-electron chi connectivity index (χ4n) is 7.05. The van der Waals surface area contributed by atoms with Gasteiger partial charge < -0.3 is 18.2 Å². The summed E-state index contributed by atoms with van der Waals surface area (Å²) in [5.74, 6) is 0. The van der Waals surface area contributed by atoms with Gasteiger partial charge in [0.05, 0.1) is 133 Å². The second kappa shape index (κ2) is 54.9. The molecule has 8 rings (SSSR count). The standard InChI is InChI=1S/2C24H16F6N4.7C2H3N.4CHF3O3S.2Co/c2*1-22(20-13-15(8-11-32-20)23(25,26)27,21-14-16(9-12-33-21)24(28,29)30)19-7-4-6-18(34-19)17-5-2-3-10-31-17;7*1-2-3;4*2-1(3,4)8(5,6)7;;/h2*2-14H,1H3;7*1H3;4*(H,5,6,7);;/q;;;;;;;;;;;;;2*+2/p-4. The van der Waals surface area contributed by atoms with Crippen LogP contribution in [0.3, 0.4) is 0 Å². The van der Waals surface area contributed by atoms with Crippen molar-refractivity contribution in [1.29, 1.82) is 36.8 Å². The van der Waals surface area contributed by atoms with Gasteiger partial charge in [0.2, 0.25) is 0 Å². The van der Waals surface area contributed by atoms with Gasteiger partial charge in [-0.3, -0.25) is 29.9 Å². The molecule has 0 aliphatic rings. The van der Waals surface area contributed by atoms with E-state index < -0.39 is 120 Å². The maximum atomic E-state index is 13.5. The summed E-state index contributed by atoms with van der Waals surface area (Å²) in [6, 6.07) is 38.4. The third kappa shape index (κ3) is 45.9. The molecular formula is C66H53Co2F24N15O12S4. The van der Waals surface area contributed by atoms with Crippen molar-refractivity contribution < 1.29 is 191 Å². The van der Waals surface area contributed by atoms with Crippen molar-refractivity contribution in [3.8, 4) is 65.3 Å². The first-order valence-corrected chi connectivity index (χ1v) is 35.7. The Labute approximate surface area is 704 Å². The Bertz CT molecular complexity index is 4750. The van der Waals surface area contributed by atoms with E-state index in [0.29, 0.717) is 22.8 Å². The Morgan fingerprint density at radius 3 is 0.561 bits per heavy atom. The van der Waals surface area contributed by atoms with Crippen molar-refractivity contribution >= 4 is 40.5 Å². The summed E-state index contributed by atoms with van der Waals surface area (Å²) in [6.45, 7) is 12.9. The number of hydrogen-bond acceptors (Lipinski definition) is 27. The molecule has 674 valence electrons. The number of alkyl halides is 24. The van der Waals surface area contributed by atoms with E-state index in [-0.39, 0.29) is 67.7 Å². The molecule has 8 aromatic heterocycles. The third-order valence-corrected chi connectivity index (χ3v) is 14.2. The van der Waals surface area contributed by atoms with Crippen LogP contribution in [0.5, 0.6) is 0 Å². The molecule has 0 aromatic carbocycles.